The number of nitrogens with zero attached hydrogens (tertiary/aromatic N) is 1. The normalized spacial score (nSPS) is 19.4. The van der Waals surface area contributed by atoms with E-state index < -0.39 is 0 Å². The van der Waals surface area contributed by atoms with Crippen LogP contribution in [-0.4, -0.2) is 38.7 Å². The van der Waals surface area contributed by atoms with E-state index in [2.05, 4.69) is 56.4 Å². The van der Waals surface area contributed by atoms with Gasteiger partial charge in [0.15, 0.2) is 0 Å². The van der Waals surface area contributed by atoms with Gasteiger partial charge in [-0.15, -0.1) is 0 Å². The molecule has 112 valence electrons. The molecule has 0 radical (unpaired) electrons. The molecular weight excluding hydrogens is 248 g/mol. The van der Waals surface area contributed by atoms with E-state index in [1.807, 2.05) is 0 Å². The molecule has 0 fully saturated rings. The summed E-state index contributed by atoms with van der Waals surface area (Å²) in [4.78, 5) is 2.26. The molecule has 0 heterocycles. The Morgan fingerprint density at radius 1 is 1.35 bits per heavy atom. The predicted molar refractivity (Wildman–Crippen MR) is 84.4 cm³/mol. The fraction of sp³-hybridized carbons (Fsp3) is 0.647. The summed E-state index contributed by atoms with van der Waals surface area (Å²) in [6.45, 7) is 5.67. The molecule has 0 aliphatic heterocycles. The smallest absolute Gasteiger partial charge is 0.119 e. The second kappa shape index (κ2) is 6.59. The highest BCUT2D eigenvalue weighted by atomic mass is 16.5. The largest absolute Gasteiger partial charge is 0.497 e. The van der Waals surface area contributed by atoms with Crippen molar-refractivity contribution in [2.75, 3.05) is 27.7 Å². The molecule has 0 amide bonds. The van der Waals surface area contributed by atoms with Crippen LogP contribution in [0.3, 0.4) is 0 Å². The highest BCUT2D eigenvalue weighted by Crippen LogP contribution is 2.34. The van der Waals surface area contributed by atoms with Crippen LogP contribution in [0.2, 0.25) is 0 Å². The number of benzene rings is 1. The van der Waals surface area contributed by atoms with Crippen LogP contribution in [0, 0.1) is 5.92 Å². The highest BCUT2D eigenvalue weighted by molar-refractivity contribution is 5.40. The molecule has 3 nitrogen and oxygen atoms in total. The number of likely N-dealkylation sites (N-methyl/N-ethyl adjacent to an activating group) is 1. The Hall–Kier alpha value is -1.06. The minimum absolute atomic E-state index is 0.465. The van der Waals surface area contributed by atoms with Gasteiger partial charge in [-0.3, -0.25) is 0 Å². The summed E-state index contributed by atoms with van der Waals surface area (Å²) in [5.74, 6) is 1.60. The average molecular weight is 276 g/mol. The van der Waals surface area contributed by atoms with Crippen molar-refractivity contribution >= 4 is 0 Å². The first-order valence-electron chi connectivity index (χ1n) is 7.59. The lowest BCUT2D eigenvalue weighted by Gasteiger charge is -2.29. The molecule has 2 unspecified atom stereocenters. The lowest BCUT2D eigenvalue weighted by Crippen LogP contribution is -2.43. The quantitative estimate of drug-likeness (QED) is 0.864. The molecule has 0 bridgehead atoms. The van der Waals surface area contributed by atoms with Crippen LogP contribution < -0.4 is 10.1 Å². The van der Waals surface area contributed by atoms with Gasteiger partial charge in [0, 0.05) is 18.6 Å². The molecule has 1 aliphatic rings. The van der Waals surface area contributed by atoms with Gasteiger partial charge in [-0.1, -0.05) is 19.9 Å². The van der Waals surface area contributed by atoms with Crippen molar-refractivity contribution in [3.05, 3.63) is 29.3 Å². The Bertz CT molecular complexity index is 443. The molecule has 20 heavy (non-hydrogen) atoms. The van der Waals surface area contributed by atoms with Crippen molar-refractivity contribution in [2.45, 2.75) is 38.8 Å². The lowest BCUT2D eigenvalue weighted by molar-refractivity contribution is 0.268. The summed E-state index contributed by atoms with van der Waals surface area (Å²) in [6, 6.07) is 7.47. The van der Waals surface area contributed by atoms with E-state index in [9.17, 15) is 0 Å². The van der Waals surface area contributed by atoms with Crippen LogP contribution in [0.25, 0.3) is 0 Å². The van der Waals surface area contributed by atoms with Crippen molar-refractivity contribution in [1.29, 1.82) is 0 Å². The summed E-state index contributed by atoms with van der Waals surface area (Å²) in [6.07, 6.45) is 2.36. The molecule has 2 atom stereocenters. The molecule has 3 heteroatoms. The lowest BCUT2D eigenvalue weighted by atomic mass is 10.0. The van der Waals surface area contributed by atoms with Gasteiger partial charge in [0.25, 0.3) is 0 Å². The van der Waals surface area contributed by atoms with E-state index in [1.54, 1.807) is 7.11 Å². The molecule has 0 saturated carbocycles. The maximum Gasteiger partial charge on any atom is 0.119 e. The van der Waals surface area contributed by atoms with Crippen molar-refractivity contribution < 1.29 is 4.74 Å². The fourth-order valence-electron chi connectivity index (χ4n) is 2.99. The van der Waals surface area contributed by atoms with Crippen LogP contribution in [0.4, 0.5) is 0 Å². The van der Waals surface area contributed by atoms with E-state index >= 15 is 0 Å². The molecule has 0 aromatic heterocycles. The zero-order valence-corrected chi connectivity index (χ0v) is 13.4. The Morgan fingerprint density at radius 3 is 2.70 bits per heavy atom. The van der Waals surface area contributed by atoms with E-state index in [4.69, 9.17) is 4.74 Å². The average Bonchev–Trinajstić information content (AvgIpc) is 2.79. The number of hydrogen-bond acceptors (Lipinski definition) is 3. The van der Waals surface area contributed by atoms with E-state index in [0.29, 0.717) is 18.0 Å². The molecule has 1 aromatic carbocycles. The summed E-state index contributed by atoms with van der Waals surface area (Å²) in [5, 5.41) is 3.86. The first kappa shape index (κ1) is 15.3. The number of rotatable bonds is 6. The second-order valence-electron chi connectivity index (χ2n) is 6.44. The molecule has 1 aliphatic carbocycles. The number of aryl methyl sites for hydroxylation is 1. The Balaban J connectivity index is 2.12. The first-order valence-corrected chi connectivity index (χ1v) is 7.59. The van der Waals surface area contributed by atoms with Crippen LogP contribution in [-0.2, 0) is 6.42 Å². The highest BCUT2D eigenvalue weighted by Gasteiger charge is 2.26. The molecule has 2 rings (SSSR count). The van der Waals surface area contributed by atoms with E-state index in [0.717, 1.165) is 12.3 Å². The van der Waals surface area contributed by atoms with Gasteiger partial charge in [-0.05, 0) is 56.1 Å². The third-order valence-electron chi connectivity index (χ3n) is 4.21. The minimum Gasteiger partial charge on any atom is -0.497 e. The number of nitrogens with one attached hydrogen (secondary N) is 1. The van der Waals surface area contributed by atoms with Gasteiger partial charge in [0.2, 0.25) is 0 Å². The topological polar surface area (TPSA) is 24.5 Å². The number of fused-ring (bicyclic) bond motifs is 1. The third-order valence-corrected chi connectivity index (χ3v) is 4.21. The monoisotopic (exact) mass is 276 g/mol. The van der Waals surface area contributed by atoms with Crippen LogP contribution in [0.1, 0.15) is 37.4 Å². The van der Waals surface area contributed by atoms with E-state index in [-0.39, 0.29) is 0 Å². The van der Waals surface area contributed by atoms with E-state index in [1.165, 1.54) is 24.0 Å². The maximum absolute atomic E-state index is 5.37. The molecular formula is C17H28N2O. The van der Waals surface area contributed by atoms with Crippen LogP contribution >= 0.6 is 0 Å². The van der Waals surface area contributed by atoms with Gasteiger partial charge in [-0.2, -0.15) is 0 Å². The Kier molecular flexibility index (Phi) is 5.06. The van der Waals surface area contributed by atoms with Gasteiger partial charge >= 0.3 is 0 Å². The van der Waals surface area contributed by atoms with Crippen molar-refractivity contribution in [3.63, 3.8) is 0 Å². The SMILES string of the molecule is COc1ccc2c(c1)C(NC(CN(C)C)C(C)C)CC2. The molecule has 0 saturated heterocycles. The zero-order valence-electron chi connectivity index (χ0n) is 13.4. The molecule has 0 spiro atoms. The van der Waals surface area contributed by atoms with Crippen molar-refractivity contribution in [2.24, 2.45) is 5.92 Å². The summed E-state index contributed by atoms with van der Waals surface area (Å²) >= 11 is 0. The van der Waals surface area contributed by atoms with Crippen LogP contribution in [0.15, 0.2) is 18.2 Å². The van der Waals surface area contributed by atoms with Gasteiger partial charge < -0.3 is 15.0 Å². The summed E-state index contributed by atoms with van der Waals surface area (Å²) in [7, 11) is 6.02. The van der Waals surface area contributed by atoms with Gasteiger partial charge in [0.05, 0.1) is 7.11 Å². The van der Waals surface area contributed by atoms with Gasteiger partial charge in [-0.25, -0.2) is 0 Å². The van der Waals surface area contributed by atoms with Gasteiger partial charge in [0.1, 0.15) is 5.75 Å². The van der Waals surface area contributed by atoms with Crippen molar-refractivity contribution in [3.8, 4) is 5.75 Å². The summed E-state index contributed by atoms with van der Waals surface area (Å²) in [5.41, 5.74) is 2.89. The Morgan fingerprint density at radius 2 is 2.10 bits per heavy atom. The summed E-state index contributed by atoms with van der Waals surface area (Å²) < 4.78 is 5.37. The fourth-order valence-corrected chi connectivity index (χ4v) is 2.99. The number of hydrogen-bond donors (Lipinski definition) is 1. The number of methoxy groups -OCH3 is 1. The maximum atomic E-state index is 5.37. The number of ether oxygens (including phenoxy) is 1. The zero-order chi connectivity index (χ0) is 14.7. The predicted octanol–water partition coefficient (Wildman–Crippen LogP) is 2.86. The Labute approximate surface area is 123 Å². The standard InChI is InChI=1S/C17H28N2O/c1-12(2)17(11-19(3)4)18-16-9-7-13-6-8-14(20-5)10-15(13)16/h6,8,10,12,16-18H,7,9,11H2,1-5H3. The first-order chi connectivity index (χ1) is 9.51. The third kappa shape index (κ3) is 3.53. The van der Waals surface area contributed by atoms with Crippen molar-refractivity contribution in [1.82, 2.24) is 10.2 Å². The molecule has 1 aromatic rings. The second-order valence-corrected chi connectivity index (χ2v) is 6.44. The van der Waals surface area contributed by atoms with Crippen LogP contribution in [0.5, 0.6) is 5.75 Å². The molecule has 1 N–H and O–H groups in total. The minimum atomic E-state index is 0.465.